The number of hydrogen-bond acceptors (Lipinski definition) is 5. The summed E-state index contributed by atoms with van der Waals surface area (Å²) in [6.45, 7) is 3.61. The van der Waals surface area contributed by atoms with E-state index in [-0.39, 0.29) is 12.9 Å². The molecule has 1 aromatic heterocycles. The molecule has 0 aromatic carbocycles. The van der Waals surface area contributed by atoms with Gasteiger partial charge in [0.1, 0.15) is 5.76 Å². The molecular formula is C13H14O5. The third-order valence-electron chi connectivity index (χ3n) is 2.57. The van der Waals surface area contributed by atoms with Crippen molar-refractivity contribution in [3.8, 4) is 0 Å². The minimum atomic E-state index is -0.906. The van der Waals surface area contributed by atoms with Crippen LogP contribution >= 0.6 is 0 Å². The van der Waals surface area contributed by atoms with E-state index in [2.05, 4.69) is 0 Å². The topological polar surface area (TPSA) is 65.7 Å². The van der Waals surface area contributed by atoms with E-state index < -0.39 is 17.7 Å². The van der Waals surface area contributed by atoms with Crippen molar-refractivity contribution in [1.82, 2.24) is 0 Å². The van der Waals surface area contributed by atoms with Crippen LogP contribution in [0.4, 0.5) is 0 Å². The van der Waals surface area contributed by atoms with Crippen LogP contribution in [0.15, 0.2) is 28.4 Å². The number of carbonyl (C=O) groups excluding carboxylic acids is 2. The number of furan rings is 1. The number of ketones is 1. The minimum absolute atomic E-state index is 0.220. The van der Waals surface area contributed by atoms with Crippen LogP contribution in [0, 0.1) is 0 Å². The molecule has 2 heterocycles. The van der Waals surface area contributed by atoms with E-state index in [1.54, 1.807) is 32.1 Å². The van der Waals surface area contributed by atoms with Gasteiger partial charge >= 0.3 is 0 Å². The van der Waals surface area contributed by atoms with Crippen LogP contribution in [-0.4, -0.2) is 30.6 Å². The first-order valence-corrected chi connectivity index (χ1v) is 5.56. The van der Waals surface area contributed by atoms with Gasteiger partial charge in [-0.05, 0) is 37.6 Å². The highest BCUT2D eigenvalue weighted by molar-refractivity contribution is 6.28. The van der Waals surface area contributed by atoms with Gasteiger partial charge in [-0.1, -0.05) is 0 Å². The van der Waals surface area contributed by atoms with Crippen molar-refractivity contribution < 1.29 is 23.5 Å². The molecule has 5 heteroatoms. The third-order valence-corrected chi connectivity index (χ3v) is 2.57. The van der Waals surface area contributed by atoms with Crippen molar-refractivity contribution in [2.24, 2.45) is 0 Å². The molecule has 0 amide bonds. The highest BCUT2D eigenvalue weighted by atomic mass is 16.7. The monoisotopic (exact) mass is 250 g/mol. The van der Waals surface area contributed by atoms with E-state index in [4.69, 9.17) is 13.9 Å². The van der Waals surface area contributed by atoms with Crippen LogP contribution in [0.5, 0.6) is 0 Å². The Morgan fingerprint density at radius 3 is 2.89 bits per heavy atom. The summed E-state index contributed by atoms with van der Waals surface area (Å²) in [6.07, 6.45) is 2.54. The predicted molar refractivity (Wildman–Crippen MR) is 62.7 cm³/mol. The fourth-order valence-corrected chi connectivity index (χ4v) is 1.70. The molecule has 0 spiro atoms. The van der Waals surface area contributed by atoms with Gasteiger partial charge in [-0.2, -0.15) is 0 Å². The smallest absolute Gasteiger partial charge is 0.228 e. The number of ether oxygens (including phenoxy) is 2. The Kier molecular flexibility index (Phi) is 3.45. The Labute approximate surface area is 104 Å². The molecule has 1 fully saturated rings. The van der Waals surface area contributed by atoms with Crippen LogP contribution in [0.25, 0.3) is 6.08 Å². The first-order chi connectivity index (χ1) is 8.52. The Hall–Kier alpha value is -1.72. The molecule has 0 radical (unpaired) electrons. The summed E-state index contributed by atoms with van der Waals surface area (Å²) in [5.41, 5.74) is 0.571. The van der Waals surface area contributed by atoms with Gasteiger partial charge in [0.2, 0.25) is 5.78 Å². The summed E-state index contributed by atoms with van der Waals surface area (Å²) in [4.78, 5) is 22.2. The lowest BCUT2D eigenvalue weighted by Crippen LogP contribution is -2.45. The minimum Gasteiger partial charge on any atom is -0.465 e. The predicted octanol–water partition coefficient (Wildman–Crippen LogP) is 1.58. The number of aldehydes is 1. The maximum Gasteiger partial charge on any atom is 0.228 e. The fourth-order valence-electron chi connectivity index (χ4n) is 1.70. The number of rotatable bonds is 3. The van der Waals surface area contributed by atoms with Crippen LogP contribution in [0.2, 0.25) is 0 Å². The molecule has 1 unspecified atom stereocenters. The van der Waals surface area contributed by atoms with E-state index in [1.807, 2.05) is 0 Å². The van der Waals surface area contributed by atoms with Gasteiger partial charge in [0.05, 0.1) is 12.9 Å². The molecule has 1 atom stereocenters. The van der Waals surface area contributed by atoms with Gasteiger partial charge < -0.3 is 13.9 Å². The molecule has 0 aliphatic carbocycles. The quantitative estimate of drug-likeness (QED) is 0.602. The molecule has 1 aliphatic rings. The van der Waals surface area contributed by atoms with Gasteiger partial charge in [0.15, 0.2) is 18.2 Å². The molecule has 96 valence electrons. The van der Waals surface area contributed by atoms with Gasteiger partial charge in [-0.3, -0.25) is 9.59 Å². The van der Waals surface area contributed by atoms with Gasteiger partial charge in [-0.15, -0.1) is 0 Å². The first-order valence-electron chi connectivity index (χ1n) is 5.56. The summed E-state index contributed by atoms with van der Waals surface area (Å²) in [5, 5.41) is 0. The maximum atomic E-state index is 11.6. The molecule has 0 N–H and O–H groups in total. The second-order valence-electron chi connectivity index (χ2n) is 4.44. The zero-order chi connectivity index (χ0) is 13.2. The first kappa shape index (κ1) is 12.7. The normalized spacial score (nSPS) is 25.0. The third kappa shape index (κ3) is 2.75. The number of carbonyl (C=O) groups is 2. The van der Waals surface area contributed by atoms with Crippen molar-refractivity contribution in [3.05, 3.63) is 29.7 Å². The molecule has 0 saturated carbocycles. The van der Waals surface area contributed by atoms with E-state index in [9.17, 15) is 9.59 Å². The zero-order valence-electron chi connectivity index (χ0n) is 10.2. The molecule has 5 nitrogen and oxygen atoms in total. The van der Waals surface area contributed by atoms with Gasteiger partial charge in [-0.25, -0.2) is 0 Å². The Balaban J connectivity index is 2.28. The highest BCUT2D eigenvalue weighted by Gasteiger charge is 2.36. The molecular weight excluding hydrogens is 236 g/mol. The second-order valence-corrected chi connectivity index (χ2v) is 4.44. The number of Topliss-reactive ketones (excluding diaryl/α,β-unsaturated/α-hetero) is 1. The van der Waals surface area contributed by atoms with Crippen LogP contribution in [0.1, 0.15) is 19.6 Å². The Morgan fingerprint density at radius 1 is 1.50 bits per heavy atom. The summed E-state index contributed by atoms with van der Waals surface area (Å²) in [6, 6.07) is 3.48. The van der Waals surface area contributed by atoms with Crippen molar-refractivity contribution >= 4 is 18.1 Å². The molecule has 1 aromatic rings. The van der Waals surface area contributed by atoms with E-state index in [0.717, 1.165) is 0 Å². The van der Waals surface area contributed by atoms with Crippen molar-refractivity contribution in [2.45, 2.75) is 25.7 Å². The number of hydrogen-bond donors (Lipinski definition) is 0. The van der Waals surface area contributed by atoms with Crippen molar-refractivity contribution in [1.29, 1.82) is 0 Å². The average molecular weight is 250 g/mol. The summed E-state index contributed by atoms with van der Waals surface area (Å²) in [5.74, 6) is -0.922. The van der Waals surface area contributed by atoms with Crippen LogP contribution < -0.4 is 0 Å². The SMILES string of the molecule is CC1(C)OCC(=Cc2ccco2)C(C(=O)C=O)O1. The van der Waals surface area contributed by atoms with Gasteiger partial charge in [0.25, 0.3) is 0 Å². The van der Waals surface area contributed by atoms with E-state index in [0.29, 0.717) is 11.3 Å². The second kappa shape index (κ2) is 4.88. The molecule has 2 rings (SSSR count). The lowest BCUT2D eigenvalue weighted by atomic mass is 10.0. The van der Waals surface area contributed by atoms with Crippen molar-refractivity contribution in [2.75, 3.05) is 6.61 Å². The van der Waals surface area contributed by atoms with E-state index in [1.165, 1.54) is 6.26 Å². The molecule has 18 heavy (non-hydrogen) atoms. The summed E-state index contributed by atoms with van der Waals surface area (Å²) in [7, 11) is 0. The van der Waals surface area contributed by atoms with Crippen LogP contribution in [0.3, 0.4) is 0 Å². The largest absolute Gasteiger partial charge is 0.465 e. The molecule has 0 bridgehead atoms. The summed E-state index contributed by atoms with van der Waals surface area (Å²) >= 11 is 0. The Morgan fingerprint density at radius 2 is 2.28 bits per heavy atom. The highest BCUT2D eigenvalue weighted by Crippen LogP contribution is 2.27. The van der Waals surface area contributed by atoms with E-state index >= 15 is 0 Å². The average Bonchev–Trinajstić information content (AvgIpc) is 2.83. The van der Waals surface area contributed by atoms with Gasteiger partial charge in [0, 0.05) is 0 Å². The molecule has 1 saturated heterocycles. The fraction of sp³-hybridized carbons (Fsp3) is 0.385. The summed E-state index contributed by atoms with van der Waals surface area (Å²) < 4.78 is 16.1. The zero-order valence-corrected chi connectivity index (χ0v) is 10.2. The lowest BCUT2D eigenvalue weighted by Gasteiger charge is -2.36. The Bertz CT molecular complexity index is 470. The maximum absolute atomic E-state index is 11.6. The lowest BCUT2D eigenvalue weighted by molar-refractivity contribution is -0.246. The molecule has 1 aliphatic heterocycles. The standard InChI is InChI=1S/C13H14O5/c1-13(2)17-8-9(6-10-4-3-5-16-10)12(18-13)11(15)7-14/h3-7,12H,8H2,1-2H3. The van der Waals surface area contributed by atoms with Crippen LogP contribution in [-0.2, 0) is 19.1 Å². The van der Waals surface area contributed by atoms with Crippen molar-refractivity contribution in [3.63, 3.8) is 0 Å².